The van der Waals surface area contributed by atoms with Crippen LogP contribution in [-0.2, 0) is 19.6 Å². The molecule has 2 aliphatic rings. The Balaban J connectivity index is 0.00000118. The van der Waals surface area contributed by atoms with Crippen LogP contribution >= 0.6 is 0 Å². The van der Waals surface area contributed by atoms with Gasteiger partial charge in [-0.25, -0.2) is 13.1 Å². The molecule has 2 saturated heterocycles. The van der Waals surface area contributed by atoms with E-state index in [-0.39, 0.29) is 35.3 Å². The van der Waals surface area contributed by atoms with Crippen LogP contribution in [0, 0.1) is 6.92 Å². The van der Waals surface area contributed by atoms with Gasteiger partial charge in [0.15, 0.2) is 0 Å². The Kier molecular flexibility index (Phi) is 9.51. The van der Waals surface area contributed by atoms with Gasteiger partial charge in [-0.3, -0.25) is 14.4 Å². The normalized spacial score (nSPS) is 17.6. The SMILES string of the molecule is Cc1ccccc1C(=O)Nc1ccc(S(=O)(=O)NC2CCN(C(=O)[C@@H]3CCCN3)CC2)c2ccccc12.O=CO. The standard InChI is InChI=1S/C28H32N4O4S.CH2O2/c1-19-7-2-3-8-21(19)27(33)30-24-12-13-26(23-10-5-4-9-22(23)24)37(35,36)31-20-14-17-32(18-15-20)28(34)25-11-6-16-29-25;2-1-3/h2-5,7-10,12-13,20,25,29,31H,6,11,14-18H2,1H3,(H,30,33);1H,(H,2,3)/t25-;/m0./s1. The smallest absolute Gasteiger partial charge is 0.290 e. The number of fused-ring (bicyclic) bond motifs is 1. The van der Waals surface area contributed by atoms with Crippen LogP contribution in [0.2, 0.25) is 0 Å². The number of carboxylic acid groups (broad SMARTS) is 1. The first-order valence-corrected chi connectivity index (χ1v) is 14.7. The second-order valence-corrected chi connectivity index (χ2v) is 11.6. The highest BCUT2D eigenvalue weighted by Crippen LogP contribution is 2.30. The Hall–Kier alpha value is -3.80. The van der Waals surface area contributed by atoms with E-state index in [1.54, 1.807) is 30.3 Å². The van der Waals surface area contributed by atoms with Crippen LogP contribution in [-0.4, -0.2) is 68.4 Å². The predicted octanol–water partition coefficient (Wildman–Crippen LogP) is 3.12. The van der Waals surface area contributed by atoms with Crippen molar-refractivity contribution in [2.75, 3.05) is 25.0 Å². The maximum Gasteiger partial charge on any atom is 0.290 e. The summed E-state index contributed by atoms with van der Waals surface area (Å²) in [6.07, 6.45) is 3.01. The topological polar surface area (TPSA) is 145 Å². The first kappa shape index (κ1) is 29.2. The molecular formula is C29H34N4O6S. The Bertz CT molecular complexity index is 1480. The van der Waals surface area contributed by atoms with E-state index in [9.17, 15) is 18.0 Å². The van der Waals surface area contributed by atoms with Gasteiger partial charge in [-0.2, -0.15) is 0 Å². The third-order valence-electron chi connectivity index (χ3n) is 7.30. The number of piperidine rings is 1. The fourth-order valence-corrected chi connectivity index (χ4v) is 6.76. The maximum absolute atomic E-state index is 13.4. The number of carbonyl (C=O) groups is 3. The van der Waals surface area contributed by atoms with Crippen LogP contribution in [0.15, 0.2) is 65.6 Å². The highest BCUT2D eigenvalue weighted by atomic mass is 32.2. The molecule has 10 nitrogen and oxygen atoms in total. The minimum Gasteiger partial charge on any atom is -0.483 e. The van der Waals surface area contributed by atoms with Crippen LogP contribution in [0.25, 0.3) is 10.8 Å². The number of benzene rings is 3. The Morgan fingerprint density at radius 2 is 1.62 bits per heavy atom. The van der Waals surface area contributed by atoms with E-state index < -0.39 is 10.0 Å². The molecule has 2 fully saturated rings. The van der Waals surface area contributed by atoms with Crippen LogP contribution in [0.4, 0.5) is 5.69 Å². The monoisotopic (exact) mass is 566 g/mol. The van der Waals surface area contributed by atoms with Gasteiger partial charge in [0.2, 0.25) is 15.9 Å². The van der Waals surface area contributed by atoms with Crippen molar-refractivity contribution in [3.05, 3.63) is 71.8 Å². The summed E-state index contributed by atoms with van der Waals surface area (Å²) in [4.78, 5) is 36.0. The van der Waals surface area contributed by atoms with E-state index in [1.807, 2.05) is 42.2 Å². The maximum atomic E-state index is 13.4. The first-order chi connectivity index (χ1) is 19.2. The molecule has 1 atom stereocenters. The zero-order valence-electron chi connectivity index (χ0n) is 22.3. The van der Waals surface area contributed by atoms with E-state index in [0.29, 0.717) is 48.0 Å². The molecule has 0 unspecified atom stereocenters. The van der Waals surface area contributed by atoms with Gasteiger partial charge in [-0.05, 0) is 62.9 Å². The summed E-state index contributed by atoms with van der Waals surface area (Å²) in [5, 5.41) is 14.3. The molecule has 5 rings (SSSR count). The van der Waals surface area contributed by atoms with Gasteiger partial charge >= 0.3 is 0 Å². The molecule has 0 aromatic heterocycles. The van der Waals surface area contributed by atoms with Crippen LogP contribution < -0.4 is 15.4 Å². The minimum atomic E-state index is -3.82. The number of nitrogens with one attached hydrogen (secondary N) is 3. The third kappa shape index (κ3) is 6.67. The summed E-state index contributed by atoms with van der Waals surface area (Å²) >= 11 is 0. The summed E-state index contributed by atoms with van der Waals surface area (Å²) in [5.74, 6) is -0.126. The van der Waals surface area contributed by atoms with Crippen molar-refractivity contribution < 1.29 is 27.9 Å². The number of aryl methyl sites for hydroxylation is 1. The highest BCUT2D eigenvalue weighted by Gasteiger charge is 2.31. The lowest BCUT2D eigenvalue weighted by atomic mass is 10.0. The average molecular weight is 567 g/mol. The zero-order chi connectivity index (χ0) is 28.7. The molecule has 4 N–H and O–H groups in total. The van der Waals surface area contributed by atoms with E-state index in [4.69, 9.17) is 9.90 Å². The molecule has 212 valence electrons. The molecule has 0 spiro atoms. The number of amides is 2. The van der Waals surface area contributed by atoms with Crippen molar-refractivity contribution in [2.45, 2.75) is 49.6 Å². The number of rotatable bonds is 6. The number of anilines is 1. The van der Waals surface area contributed by atoms with Crippen molar-refractivity contribution in [3.63, 3.8) is 0 Å². The fourth-order valence-electron chi connectivity index (χ4n) is 5.25. The summed E-state index contributed by atoms with van der Waals surface area (Å²) in [7, 11) is -3.82. The molecular weight excluding hydrogens is 532 g/mol. The number of nitrogens with zero attached hydrogens (tertiary/aromatic N) is 1. The highest BCUT2D eigenvalue weighted by molar-refractivity contribution is 7.89. The predicted molar refractivity (Wildman–Crippen MR) is 153 cm³/mol. The van der Waals surface area contributed by atoms with Gasteiger partial charge in [0.1, 0.15) is 0 Å². The molecule has 11 heteroatoms. The van der Waals surface area contributed by atoms with Crippen molar-refractivity contribution >= 4 is 44.8 Å². The molecule has 40 heavy (non-hydrogen) atoms. The lowest BCUT2D eigenvalue weighted by Crippen LogP contribution is -2.50. The molecule has 2 amide bonds. The average Bonchev–Trinajstić information content (AvgIpc) is 3.49. The second-order valence-electron chi connectivity index (χ2n) is 9.90. The lowest BCUT2D eigenvalue weighted by Gasteiger charge is -2.33. The van der Waals surface area contributed by atoms with Crippen molar-refractivity contribution in [1.29, 1.82) is 0 Å². The van der Waals surface area contributed by atoms with E-state index in [2.05, 4.69) is 15.4 Å². The first-order valence-electron chi connectivity index (χ1n) is 13.3. The van der Waals surface area contributed by atoms with Gasteiger partial charge in [0.05, 0.1) is 10.9 Å². The molecule has 3 aromatic rings. The van der Waals surface area contributed by atoms with Crippen molar-refractivity contribution in [2.24, 2.45) is 0 Å². The van der Waals surface area contributed by atoms with Crippen LogP contribution in [0.1, 0.15) is 41.6 Å². The number of sulfonamides is 1. The van der Waals surface area contributed by atoms with Crippen molar-refractivity contribution in [3.8, 4) is 0 Å². The van der Waals surface area contributed by atoms with Gasteiger partial charge < -0.3 is 20.6 Å². The minimum absolute atomic E-state index is 0.107. The van der Waals surface area contributed by atoms with E-state index in [1.165, 1.54) is 0 Å². The van der Waals surface area contributed by atoms with E-state index in [0.717, 1.165) is 24.9 Å². The number of hydrogen-bond donors (Lipinski definition) is 4. The third-order valence-corrected chi connectivity index (χ3v) is 8.88. The molecule has 0 radical (unpaired) electrons. The molecule has 2 aliphatic heterocycles. The summed E-state index contributed by atoms with van der Waals surface area (Å²) in [6, 6.07) is 17.3. The number of hydrogen-bond acceptors (Lipinski definition) is 6. The Labute approximate surface area is 233 Å². The fraction of sp³-hybridized carbons (Fsp3) is 0.345. The molecule has 0 aliphatic carbocycles. The second kappa shape index (κ2) is 13.0. The number of likely N-dealkylation sites (tertiary alicyclic amines) is 1. The lowest BCUT2D eigenvalue weighted by molar-refractivity contribution is -0.134. The Morgan fingerprint density at radius 1 is 0.975 bits per heavy atom. The zero-order valence-corrected chi connectivity index (χ0v) is 23.1. The Morgan fingerprint density at radius 3 is 2.27 bits per heavy atom. The number of carbonyl (C=O) groups excluding carboxylic acids is 2. The molecule has 0 bridgehead atoms. The molecule has 3 aromatic carbocycles. The van der Waals surface area contributed by atoms with Crippen LogP contribution in [0.3, 0.4) is 0 Å². The van der Waals surface area contributed by atoms with E-state index >= 15 is 0 Å². The van der Waals surface area contributed by atoms with Gasteiger partial charge in [0, 0.05) is 41.2 Å². The summed E-state index contributed by atoms with van der Waals surface area (Å²) < 4.78 is 29.8. The molecule has 2 heterocycles. The molecule has 0 saturated carbocycles. The van der Waals surface area contributed by atoms with Gasteiger partial charge in [-0.15, -0.1) is 0 Å². The summed E-state index contributed by atoms with van der Waals surface area (Å²) in [5.41, 5.74) is 1.98. The van der Waals surface area contributed by atoms with Gasteiger partial charge in [0.25, 0.3) is 12.4 Å². The van der Waals surface area contributed by atoms with Gasteiger partial charge in [-0.1, -0.05) is 42.5 Å². The quantitative estimate of drug-likeness (QED) is 0.336. The van der Waals surface area contributed by atoms with Crippen molar-refractivity contribution in [1.82, 2.24) is 14.9 Å². The van der Waals surface area contributed by atoms with Crippen LogP contribution in [0.5, 0.6) is 0 Å². The largest absolute Gasteiger partial charge is 0.483 e. The summed E-state index contributed by atoms with van der Waals surface area (Å²) in [6.45, 7) is 3.57.